The van der Waals surface area contributed by atoms with Crippen LogP contribution in [0.4, 0.5) is 79.0 Å². The number of hydrogen-bond donors (Lipinski definition) is 0. The van der Waals surface area contributed by atoms with E-state index in [0.717, 1.165) is 0 Å². The normalized spacial score (nSPS) is 17.0. The Balaban J connectivity index is 6.66. The summed E-state index contributed by atoms with van der Waals surface area (Å²) in [6.45, 7) is 0. The van der Waals surface area contributed by atoms with Gasteiger partial charge >= 0.3 is 47.9 Å². The van der Waals surface area contributed by atoms with E-state index in [1.54, 1.807) is 0 Å². The summed E-state index contributed by atoms with van der Waals surface area (Å²) in [4.78, 5) is 0. The van der Waals surface area contributed by atoms with E-state index in [1.807, 2.05) is 0 Å². The Hall–Kier alpha value is -0.790. The predicted molar refractivity (Wildman–Crippen MR) is 63.9 cm³/mol. The van der Waals surface area contributed by atoms with Crippen LogP contribution < -0.4 is 0 Å². The Morgan fingerprint density at radius 1 is 0.448 bits per heavy atom. The Bertz CT molecular complexity index is 634. The van der Waals surface area contributed by atoms with Crippen molar-refractivity contribution in [2.24, 2.45) is 0 Å². The molecule has 0 aromatic rings. The number of rotatable bonds is 6. The molecule has 19 heteroatoms. The highest BCUT2D eigenvalue weighted by molar-refractivity contribution is 14.1. The summed E-state index contributed by atoms with van der Waals surface area (Å²) in [7, 11) is 0. The maximum absolute atomic E-state index is 13.2. The van der Waals surface area contributed by atoms with Crippen LogP contribution >= 0.6 is 22.6 Å². The van der Waals surface area contributed by atoms with Crippen molar-refractivity contribution < 1.29 is 79.0 Å². The van der Waals surface area contributed by atoms with Crippen LogP contribution in [0.2, 0.25) is 0 Å². The molecule has 0 saturated heterocycles. The van der Waals surface area contributed by atoms with Crippen LogP contribution in [0.1, 0.15) is 0 Å². The van der Waals surface area contributed by atoms with E-state index in [0.29, 0.717) is 0 Å². The number of allylic oxidation sites excluding steroid dienone is 2. The standard InChI is InChI=1S/C10HF18I/c11-3(12,1-2(29)4(13,14)15)5(16,17)6(18,19)7(20,21)8(22,23)9(24,25)10(26,27)28/h1H. The Morgan fingerprint density at radius 3 is 1.00 bits per heavy atom. The van der Waals surface area contributed by atoms with Gasteiger partial charge in [0.05, 0.1) is 3.58 Å². The number of hydrogen-bond acceptors (Lipinski definition) is 0. The van der Waals surface area contributed by atoms with Gasteiger partial charge in [0.2, 0.25) is 0 Å². The fourth-order valence-electron chi connectivity index (χ4n) is 1.31. The first-order chi connectivity index (χ1) is 12.1. The lowest BCUT2D eigenvalue weighted by Crippen LogP contribution is -2.72. The molecule has 0 fully saturated rings. The maximum Gasteiger partial charge on any atom is 0.460 e. The summed E-state index contributed by atoms with van der Waals surface area (Å²) in [5.41, 5.74) is 0. The van der Waals surface area contributed by atoms with Crippen molar-refractivity contribution in [2.75, 3.05) is 0 Å². The smallest absolute Gasteiger partial charge is 0.195 e. The summed E-state index contributed by atoms with van der Waals surface area (Å²) < 4.78 is 224. The van der Waals surface area contributed by atoms with Gasteiger partial charge in [0.25, 0.3) is 0 Å². The van der Waals surface area contributed by atoms with Crippen molar-refractivity contribution in [2.45, 2.75) is 47.9 Å². The third-order valence-corrected chi connectivity index (χ3v) is 3.85. The number of halogens is 19. The fourth-order valence-corrected chi connectivity index (χ4v) is 1.70. The zero-order chi connectivity index (χ0) is 24.3. The minimum Gasteiger partial charge on any atom is -0.195 e. The third-order valence-electron chi connectivity index (χ3n) is 2.93. The van der Waals surface area contributed by atoms with Gasteiger partial charge < -0.3 is 0 Å². The molecule has 0 aromatic carbocycles. The summed E-state index contributed by atoms with van der Waals surface area (Å²) in [6, 6.07) is 0. The molecule has 0 atom stereocenters. The minimum absolute atomic E-state index is 0.224. The van der Waals surface area contributed by atoms with Crippen LogP contribution in [0.25, 0.3) is 0 Å². The highest BCUT2D eigenvalue weighted by Crippen LogP contribution is 2.62. The zero-order valence-electron chi connectivity index (χ0n) is 12.3. The van der Waals surface area contributed by atoms with Crippen LogP contribution in [0.3, 0.4) is 0 Å². The summed E-state index contributed by atoms with van der Waals surface area (Å²) in [6.07, 6.45) is -15.8. The minimum atomic E-state index is -8.54. The molecule has 0 nitrogen and oxygen atoms in total. The van der Waals surface area contributed by atoms with Gasteiger partial charge in [-0.25, -0.2) is 0 Å². The van der Waals surface area contributed by atoms with Crippen molar-refractivity contribution in [1.29, 1.82) is 0 Å². The largest absolute Gasteiger partial charge is 0.460 e. The molecule has 0 heterocycles. The zero-order valence-corrected chi connectivity index (χ0v) is 14.4. The molecule has 29 heavy (non-hydrogen) atoms. The highest BCUT2D eigenvalue weighted by Gasteiger charge is 2.93. The van der Waals surface area contributed by atoms with Crippen LogP contribution in [0.15, 0.2) is 9.66 Å². The molecular formula is C10HF18I. The Morgan fingerprint density at radius 2 is 0.724 bits per heavy atom. The molecule has 0 radical (unpaired) electrons. The van der Waals surface area contributed by atoms with E-state index in [2.05, 4.69) is 0 Å². The summed E-state index contributed by atoms with van der Waals surface area (Å²) in [5.74, 6) is -48.6. The molecule has 0 N–H and O–H groups in total. The van der Waals surface area contributed by atoms with Crippen LogP contribution in [-0.2, 0) is 0 Å². The van der Waals surface area contributed by atoms with E-state index < -0.39 is 57.5 Å². The molecule has 0 aliphatic carbocycles. The van der Waals surface area contributed by atoms with Crippen molar-refractivity contribution in [3.63, 3.8) is 0 Å². The van der Waals surface area contributed by atoms with Crippen molar-refractivity contribution >= 4 is 22.6 Å². The van der Waals surface area contributed by atoms with Crippen LogP contribution in [0.5, 0.6) is 0 Å². The molecule has 0 rings (SSSR count). The maximum atomic E-state index is 13.2. The molecule has 0 aliphatic rings. The second-order valence-corrected chi connectivity index (χ2v) is 6.14. The molecule has 0 spiro atoms. The van der Waals surface area contributed by atoms with Gasteiger partial charge in [0.1, 0.15) is 0 Å². The van der Waals surface area contributed by atoms with E-state index in [1.165, 1.54) is 0 Å². The predicted octanol–water partition coefficient (Wildman–Crippen LogP) is 7.24. The second-order valence-electron chi connectivity index (χ2n) is 4.98. The van der Waals surface area contributed by atoms with E-state index in [9.17, 15) is 79.0 Å². The van der Waals surface area contributed by atoms with Gasteiger partial charge in [-0.05, 0) is 22.6 Å². The number of alkyl halides is 18. The van der Waals surface area contributed by atoms with Gasteiger partial charge in [-0.1, -0.05) is 0 Å². The van der Waals surface area contributed by atoms with Crippen LogP contribution in [-0.4, -0.2) is 47.9 Å². The van der Waals surface area contributed by atoms with E-state index in [4.69, 9.17) is 0 Å². The summed E-state index contributed by atoms with van der Waals surface area (Å²) in [5, 5.41) is 0. The fraction of sp³-hybridized carbons (Fsp3) is 0.800. The topological polar surface area (TPSA) is 0 Å². The SMILES string of the molecule is FC(F)(F)C(I)=CC(F)(F)C(F)(F)C(F)(F)C(F)(F)C(F)(F)C(F)(F)C(F)(F)F. The van der Waals surface area contributed by atoms with E-state index in [-0.39, 0.29) is 22.6 Å². The second kappa shape index (κ2) is 7.13. The Labute approximate surface area is 160 Å². The molecule has 0 unspecified atom stereocenters. The first-order valence-corrected chi connectivity index (χ1v) is 7.00. The van der Waals surface area contributed by atoms with Crippen molar-refractivity contribution in [3.05, 3.63) is 9.66 Å². The van der Waals surface area contributed by atoms with E-state index >= 15 is 0 Å². The lowest BCUT2D eigenvalue weighted by molar-refractivity contribution is -0.449. The Kier molecular flexibility index (Phi) is 6.93. The van der Waals surface area contributed by atoms with Crippen LogP contribution in [0, 0.1) is 0 Å². The molecule has 0 aliphatic heterocycles. The van der Waals surface area contributed by atoms with Gasteiger partial charge in [-0.15, -0.1) is 0 Å². The van der Waals surface area contributed by atoms with Gasteiger partial charge in [0, 0.05) is 6.08 Å². The first-order valence-electron chi connectivity index (χ1n) is 5.92. The average Bonchev–Trinajstić information content (AvgIpc) is 2.43. The molecule has 0 amide bonds. The first kappa shape index (κ1) is 28.2. The molecule has 174 valence electrons. The monoisotopic (exact) mass is 590 g/mol. The quantitative estimate of drug-likeness (QED) is 0.226. The molecule has 0 bridgehead atoms. The van der Waals surface area contributed by atoms with Gasteiger partial charge in [0.15, 0.2) is 0 Å². The van der Waals surface area contributed by atoms with Crippen molar-refractivity contribution in [1.82, 2.24) is 0 Å². The van der Waals surface area contributed by atoms with Gasteiger partial charge in [-0.2, -0.15) is 79.0 Å². The third kappa shape index (κ3) is 4.19. The molecular weight excluding hydrogens is 589 g/mol. The summed E-state index contributed by atoms with van der Waals surface area (Å²) >= 11 is -0.224. The molecule has 0 saturated carbocycles. The average molecular weight is 590 g/mol. The van der Waals surface area contributed by atoms with Crippen molar-refractivity contribution in [3.8, 4) is 0 Å². The molecule has 0 aromatic heterocycles. The lowest BCUT2D eigenvalue weighted by Gasteiger charge is -2.41. The van der Waals surface area contributed by atoms with Gasteiger partial charge in [-0.3, -0.25) is 0 Å². The lowest BCUT2D eigenvalue weighted by atomic mass is 9.91. The highest BCUT2D eigenvalue weighted by atomic mass is 127.